The fourth-order valence-corrected chi connectivity index (χ4v) is 2.80. The zero-order chi connectivity index (χ0) is 17.7. The number of carboxylic acid groups (broad SMARTS) is 1. The molecule has 1 heterocycles. The Morgan fingerprint density at radius 3 is 2.71 bits per heavy atom. The summed E-state index contributed by atoms with van der Waals surface area (Å²) in [4.78, 5) is 39.2. The Balaban J connectivity index is 2.58. The van der Waals surface area contributed by atoms with Gasteiger partial charge in [-0.1, -0.05) is 11.8 Å². The third-order valence-electron chi connectivity index (χ3n) is 3.18. The molecule has 0 atom stereocenters. The van der Waals surface area contributed by atoms with Crippen LogP contribution in [0.2, 0.25) is 0 Å². The number of nitrogens with zero attached hydrogens (tertiary/aromatic N) is 2. The van der Waals surface area contributed by atoms with Crippen LogP contribution in [0.4, 0.5) is 0 Å². The topological polar surface area (TPSA) is 111 Å². The van der Waals surface area contributed by atoms with Crippen molar-refractivity contribution in [1.29, 1.82) is 0 Å². The molecule has 24 heavy (non-hydrogen) atoms. The molecule has 0 fully saturated rings. The molecule has 0 unspecified atom stereocenters. The highest BCUT2D eigenvalue weighted by Gasteiger charge is 2.14. The molecule has 0 spiro atoms. The molecule has 8 nitrogen and oxygen atoms in total. The lowest BCUT2D eigenvalue weighted by Crippen LogP contribution is -2.28. The first-order valence-corrected chi connectivity index (χ1v) is 7.91. The molecule has 0 saturated heterocycles. The van der Waals surface area contributed by atoms with Crippen LogP contribution in [0, 0.1) is 0 Å². The summed E-state index contributed by atoms with van der Waals surface area (Å²) in [6, 6.07) is 4.41. The van der Waals surface area contributed by atoms with E-state index in [4.69, 9.17) is 4.74 Å². The minimum absolute atomic E-state index is 0.218. The lowest BCUT2D eigenvalue weighted by molar-refractivity contribution is -0.301. The maximum atomic E-state index is 12.6. The smallest absolute Gasteiger partial charge is 0.337 e. The SMILES string of the molecule is COCCn1c(SCC(=O)[O-])nc2cc(C(=O)OC)ccc2c1=O. The van der Waals surface area contributed by atoms with Crippen LogP contribution in [-0.2, 0) is 20.8 Å². The highest BCUT2D eigenvalue weighted by atomic mass is 32.2. The van der Waals surface area contributed by atoms with E-state index >= 15 is 0 Å². The highest BCUT2D eigenvalue weighted by Crippen LogP contribution is 2.19. The van der Waals surface area contributed by atoms with E-state index in [1.807, 2.05) is 0 Å². The molecule has 0 radical (unpaired) electrons. The standard InChI is InChI=1S/C15H16N2O6S/c1-22-6-5-17-13(20)10-4-3-9(14(21)23-2)7-11(10)16-15(17)24-8-12(18)19/h3-4,7H,5-6,8H2,1-2H3,(H,18,19)/p-1. The third kappa shape index (κ3) is 3.92. The van der Waals surface area contributed by atoms with Crippen LogP contribution in [-0.4, -0.2) is 48.1 Å². The summed E-state index contributed by atoms with van der Waals surface area (Å²) < 4.78 is 11.0. The van der Waals surface area contributed by atoms with Crippen LogP contribution in [0.5, 0.6) is 0 Å². The van der Waals surface area contributed by atoms with Crippen LogP contribution in [0.1, 0.15) is 10.4 Å². The Labute approximate surface area is 141 Å². The first-order valence-electron chi connectivity index (χ1n) is 6.92. The van der Waals surface area contributed by atoms with Crippen molar-refractivity contribution >= 4 is 34.6 Å². The molecule has 0 bridgehead atoms. The number of esters is 1. The van der Waals surface area contributed by atoms with Crippen molar-refractivity contribution < 1.29 is 24.2 Å². The number of rotatable bonds is 7. The number of fused-ring (bicyclic) bond motifs is 1. The number of benzene rings is 1. The lowest BCUT2D eigenvalue weighted by Gasteiger charge is -2.13. The van der Waals surface area contributed by atoms with Crippen LogP contribution >= 0.6 is 11.8 Å². The molecule has 0 saturated carbocycles. The van der Waals surface area contributed by atoms with Gasteiger partial charge in [0.2, 0.25) is 0 Å². The van der Waals surface area contributed by atoms with Gasteiger partial charge in [0.1, 0.15) is 0 Å². The third-order valence-corrected chi connectivity index (χ3v) is 4.13. The van der Waals surface area contributed by atoms with Gasteiger partial charge >= 0.3 is 5.97 Å². The lowest BCUT2D eigenvalue weighted by atomic mass is 10.1. The van der Waals surface area contributed by atoms with Crippen molar-refractivity contribution in [1.82, 2.24) is 9.55 Å². The largest absolute Gasteiger partial charge is 0.549 e. The second-order valence-electron chi connectivity index (χ2n) is 4.73. The van der Waals surface area contributed by atoms with E-state index in [-0.39, 0.29) is 40.7 Å². The molecule has 2 rings (SSSR count). The van der Waals surface area contributed by atoms with Crippen LogP contribution in [0.15, 0.2) is 28.2 Å². The summed E-state index contributed by atoms with van der Waals surface area (Å²) in [5, 5.41) is 11.2. The Morgan fingerprint density at radius 1 is 1.33 bits per heavy atom. The van der Waals surface area contributed by atoms with Crippen molar-refractivity contribution in [3.8, 4) is 0 Å². The van der Waals surface area contributed by atoms with Gasteiger partial charge in [0.05, 0.1) is 42.7 Å². The summed E-state index contributed by atoms with van der Waals surface area (Å²) in [6.07, 6.45) is 0. The average molecular weight is 351 g/mol. The van der Waals surface area contributed by atoms with Crippen molar-refractivity contribution in [2.24, 2.45) is 0 Å². The fraction of sp³-hybridized carbons (Fsp3) is 0.333. The number of aromatic nitrogens is 2. The predicted molar refractivity (Wildman–Crippen MR) is 84.9 cm³/mol. The number of thioether (sulfide) groups is 1. The normalized spacial score (nSPS) is 10.8. The van der Waals surface area contributed by atoms with E-state index in [2.05, 4.69) is 9.72 Å². The molecular weight excluding hydrogens is 336 g/mol. The molecule has 128 valence electrons. The van der Waals surface area contributed by atoms with Gasteiger partial charge in [-0.15, -0.1) is 0 Å². The Hall–Kier alpha value is -2.39. The van der Waals surface area contributed by atoms with Gasteiger partial charge in [0, 0.05) is 12.9 Å². The van der Waals surface area contributed by atoms with Gasteiger partial charge in [-0.05, 0) is 18.2 Å². The molecule has 0 aliphatic rings. The highest BCUT2D eigenvalue weighted by molar-refractivity contribution is 7.99. The van der Waals surface area contributed by atoms with Gasteiger partial charge in [0.15, 0.2) is 5.16 Å². The van der Waals surface area contributed by atoms with Crippen LogP contribution in [0.3, 0.4) is 0 Å². The van der Waals surface area contributed by atoms with Gasteiger partial charge < -0.3 is 19.4 Å². The second kappa shape index (κ2) is 7.93. The summed E-state index contributed by atoms with van der Waals surface area (Å²) in [7, 11) is 2.75. The number of ether oxygens (including phenoxy) is 2. The van der Waals surface area contributed by atoms with E-state index < -0.39 is 11.9 Å². The number of carbonyl (C=O) groups is 2. The van der Waals surface area contributed by atoms with E-state index in [1.54, 1.807) is 0 Å². The van der Waals surface area contributed by atoms with E-state index in [9.17, 15) is 19.5 Å². The monoisotopic (exact) mass is 351 g/mol. The Morgan fingerprint density at radius 2 is 2.08 bits per heavy atom. The number of methoxy groups -OCH3 is 2. The molecule has 0 aliphatic heterocycles. The van der Waals surface area contributed by atoms with E-state index in [0.717, 1.165) is 11.8 Å². The van der Waals surface area contributed by atoms with Gasteiger partial charge in [-0.25, -0.2) is 9.78 Å². The number of hydrogen-bond acceptors (Lipinski definition) is 8. The van der Waals surface area contributed by atoms with Gasteiger partial charge in [-0.3, -0.25) is 9.36 Å². The summed E-state index contributed by atoms with van der Waals surface area (Å²) in [6.45, 7) is 0.499. The van der Waals surface area contributed by atoms with E-state index in [0.29, 0.717) is 5.39 Å². The van der Waals surface area contributed by atoms with Crippen molar-refractivity contribution in [3.63, 3.8) is 0 Å². The molecule has 0 aliphatic carbocycles. The number of aliphatic carboxylic acids is 1. The van der Waals surface area contributed by atoms with Crippen molar-refractivity contribution in [2.75, 3.05) is 26.6 Å². The zero-order valence-corrected chi connectivity index (χ0v) is 13.9. The Bertz CT molecular complexity index is 833. The number of hydrogen-bond donors (Lipinski definition) is 0. The van der Waals surface area contributed by atoms with Crippen LogP contribution < -0.4 is 10.7 Å². The molecule has 1 aromatic heterocycles. The molecule has 1 aromatic carbocycles. The first-order chi connectivity index (χ1) is 11.5. The summed E-state index contributed by atoms with van der Waals surface area (Å²) in [5.41, 5.74) is 0.203. The fourth-order valence-electron chi connectivity index (χ4n) is 2.06. The summed E-state index contributed by atoms with van der Waals surface area (Å²) in [5.74, 6) is -2.16. The van der Waals surface area contributed by atoms with Crippen molar-refractivity contribution in [2.45, 2.75) is 11.7 Å². The number of carbonyl (C=O) groups excluding carboxylic acids is 2. The number of carboxylic acids is 1. The molecule has 2 aromatic rings. The molecule has 0 amide bonds. The molecule has 9 heteroatoms. The van der Waals surface area contributed by atoms with Crippen LogP contribution in [0.25, 0.3) is 10.9 Å². The maximum absolute atomic E-state index is 12.6. The average Bonchev–Trinajstić information content (AvgIpc) is 2.58. The maximum Gasteiger partial charge on any atom is 0.337 e. The second-order valence-corrected chi connectivity index (χ2v) is 5.67. The molecule has 0 N–H and O–H groups in total. The van der Waals surface area contributed by atoms with Gasteiger partial charge in [0.25, 0.3) is 5.56 Å². The summed E-state index contributed by atoms with van der Waals surface area (Å²) >= 11 is 0.873. The zero-order valence-electron chi connectivity index (χ0n) is 13.1. The van der Waals surface area contributed by atoms with Crippen molar-refractivity contribution in [3.05, 3.63) is 34.1 Å². The first kappa shape index (κ1) is 18.0. The minimum atomic E-state index is -1.27. The minimum Gasteiger partial charge on any atom is -0.549 e. The van der Waals surface area contributed by atoms with E-state index in [1.165, 1.54) is 37.0 Å². The quantitative estimate of drug-likeness (QED) is 0.379. The predicted octanol–water partition coefficient (Wildman–Crippen LogP) is -0.329. The Kier molecular flexibility index (Phi) is 5.93. The van der Waals surface area contributed by atoms with Gasteiger partial charge in [-0.2, -0.15) is 0 Å². The molecular formula is C15H15N2O6S-.